The average Bonchev–Trinajstić information content (AvgIpc) is 3.46. The molecule has 0 aliphatic heterocycles. The topological polar surface area (TPSA) is 77.8 Å². The molecule has 0 spiro atoms. The Balaban J connectivity index is 1.87. The number of carboxylic acid groups (broad SMARTS) is 1. The highest BCUT2D eigenvalue weighted by atomic mass is 16.4. The third-order valence-electron chi connectivity index (χ3n) is 6.55. The Hall–Kier alpha value is -1.13. The van der Waals surface area contributed by atoms with Crippen LogP contribution in [0.4, 0.5) is 0 Å². The van der Waals surface area contributed by atoms with Crippen LogP contribution in [0.5, 0.6) is 0 Å². The summed E-state index contributed by atoms with van der Waals surface area (Å²) in [6, 6.07) is 0. The normalized spacial score (nSPS) is 24.4. The van der Waals surface area contributed by atoms with Crippen LogP contribution in [-0.2, 0) is 4.79 Å². The van der Waals surface area contributed by atoms with Gasteiger partial charge in [-0.25, -0.2) is 0 Å². The Morgan fingerprint density at radius 1 is 1.17 bits per heavy atom. The van der Waals surface area contributed by atoms with E-state index in [2.05, 4.69) is 19.9 Å². The first-order valence-electron chi connectivity index (χ1n) is 11.9. The first-order chi connectivity index (χ1) is 13.9. The van der Waals surface area contributed by atoms with Crippen LogP contribution in [-0.4, -0.2) is 33.5 Å². The fraction of sp³-hybridized carbons (Fsp3) is 0.800. The van der Waals surface area contributed by atoms with Crippen molar-refractivity contribution in [1.29, 1.82) is 0 Å². The van der Waals surface area contributed by atoms with Crippen LogP contribution in [0.2, 0.25) is 0 Å². The molecule has 0 amide bonds. The smallest absolute Gasteiger partial charge is 0.303 e. The van der Waals surface area contributed by atoms with Crippen LogP contribution >= 0.6 is 0 Å². The number of hydrogen-bond acceptors (Lipinski definition) is 3. The fourth-order valence-corrected chi connectivity index (χ4v) is 4.72. The van der Waals surface area contributed by atoms with Gasteiger partial charge in [0.2, 0.25) is 0 Å². The number of aliphatic carboxylic acids is 1. The van der Waals surface area contributed by atoms with Gasteiger partial charge in [-0.1, -0.05) is 69.2 Å². The molecule has 166 valence electrons. The molecule has 0 bridgehead atoms. The van der Waals surface area contributed by atoms with E-state index >= 15 is 0 Å². The SMILES string of the molecule is CCCC[C@@H](C)C[C@H](O)C=C[C@@H]1C(CCCCCCC(=O)O)=C(C2CC2)C[C@H]1O. The summed E-state index contributed by atoms with van der Waals surface area (Å²) in [5.41, 5.74) is 2.88. The lowest BCUT2D eigenvalue weighted by atomic mass is 9.91. The summed E-state index contributed by atoms with van der Waals surface area (Å²) in [5.74, 6) is 0.524. The predicted octanol–water partition coefficient (Wildman–Crippen LogP) is 5.63. The number of unbranched alkanes of at least 4 members (excludes halogenated alkanes) is 4. The highest BCUT2D eigenvalue weighted by Gasteiger charge is 2.38. The molecule has 1 fully saturated rings. The van der Waals surface area contributed by atoms with Crippen LogP contribution in [0.1, 0.15) is 97.3 Å². The molecule has 0 aromatic rings. The lowest BCUT2D eigenvalue weighted by Gasteiger charge is -2.18. The lowest BCUT2D eigenvalue weighted by Crippen LogP contribution is -2.16. The zero-order chi connectivity index (χ0) is 21.2. The molecule has 2 aliphatic rings. The lowest BCUT2D eigenvalue weighted by molar-refractivity contribution is -0.137. The van der Waals surface area contributed by atoms with Crippen molar-refractivity contribution in [2.75, 3.05) is 0 Å². The highest BCUT2D eigenvalue weighted by molar-refractivity contribution is 5.66. The molecule has 0 heterocycles. The van der Waals surface area contributed by atoms with Gasteiger partial charge < -0.3 is 15.3 Å². The zero-order valence-corrected chi connectivity index (χ0v) is 18.5. The molecule has 3 N–H and O–H groups in total. The van der Waals surface area contributed by atoms with Gasteiger partial charge in [-0.3, -0.25) is 4.79 Å². The third-order valence-corrected chi connectivity index (χ3v) is 6.55. The van der Waals surface area contributed by atoms with E-state index in [4.69, 9.17) is 5.11 Å². The molecule has 2 aliphatic carbocycles. The largest absolute Gasteiger partial charge is 0.481 e. The Bertz CT molecular complexity index is 561. The van der Waals surface area contributed by atoms with Crippen molar-refractivity contribution in [3.8, 4) is 0 Å². The Morgan fingerprint density at radius 2 is 1.90 bits per heavy atom. The van der Waals surface area contributed by atoms with Gasteiger partial charge >= 0.3 is 5.97 Å². The van der Waals surface area contributed by atoms with Gasteiger partial charge in [0, 0.05) is 12.3 Å². The number of aliphatic hydroxyl groups is 2. The maximum Gasteiger partial charge on any atom is 0.303 e. The quantitative estimate of drug-likeness (QED) is 0.243. The molecule has 2 rings (SSSR count). The van der Waals surface area contributed by atoms with Crippen molar-refractivity contribution < 1.29 is 20.1 Å². The molecule has 4 nitrogen and oxygen atoms in total. The summed E-state index contributed by atoms with van der Waals surface area (Å²) < 4.78 is 0. The summed E-state index contributed by atoms with van der Waals surface area (Å²) in [4.78, 5) is 10.6. The van der Waals surface area contributed by atoms with Crippen molar-refractivity contribution in [3.63, 3.8) is 0 Å². The molecule has 29 heavy (non-hydrogen) atoms. The minimum absolute atomic E-state index is 0.0465. The average molecular weight is 407 g/mol. The summed E-state index contributed by atoms with van der Waals surface area (Å²) in [6.45, 7) is 4.40. The fourth-order valence-electron chi connectivity index (χ4n) is 4.72. The van der Waals surface area contributed by atoms with E-state index in [1.807, 2.05) is 6.08 Å². The van der Waals surface area contributed by atoms with Gasteiger partial charge in [0.25, 0.3) is 0 Å². The molecule has 0 aromatic carbocycles. The molecular formula is C25H42O4. The summed E-state index contributed by atoms with van der Waals surface area (Å²) in [5, 5.41) is 29.9. The first kappa shape index (κ1) is 24.1. The standard InChI is InChI=1S/C25H42O4/c1-3-4-9-18(2)16-20(26)14-15-22-21(10-7-5-6-8-11-25(28)29)23(17-24(22)27)19-12-13-19/h14-15,18-20,22,24,26-27H,3-13,16-17H2,1-2H3,(H,28,29)/t18-,20-,22-,24-/m1/s1. The zero-order valence-electron chi connectivity index (χ0n) is 18.5. The minimum atomic E-state index is -0.713. The minimum Gasteiger partial charge on any atom is -0.481 e. The summed E-state index contributed by atoms with van der Waals surface area (Å²) >= 11 is 0. The molecule has 4 heteroatoms. The van der Waals surface area contributed by atoms with Crippen LogP contribution in [0.15, 0.2) is 23.3 Å². The van der Waals surface area contributed by atoms with Crippen LogP contribution < -0.4 is 0 Å². The van der Waals surface area contributed by atoms with E-state index in [0.29, 0.717) is 11.8 Å². The monoisotopic (exact) mass is 406 g/mol. The maximum atomic E-state index is 10.7. The van der Waals surface area contributed by atoms with Crippen molar-refractivity contribution in [3.05, 3.63) is 23.3 Å². The van der Waals surface area contributed by atoms with Gasteiger partial charge in [0.1, 0.15) is 0 Å². The van der Waals surface area contributed by atoms with Crippen molar-refractivity contribution in [2.45, 2.75) is 110 Å². The molecule has 0 unspecified atom stereocenters. The number of aliphatic hydroxyl groups excluding tert-OH is 2. The highest BCUT2D eigenvalue weighted by Crippen LogP contribution is 2.48. The molecular weight excluding hydrogens is 364 g/mol. The van der Waals surface area contributed by atoms with Crippen molar-refractivity contribution in [2.24, 2.45) is 17.8 Å². The van der Waals surface area contributed by atoms with Crippen LogP contribution in [0.3, 0.4) is 0 Å². The Labute approximate surface area is 177 Å². The Morgan fingerprint density at radius 3 is 2.55 bits per heavy atom. The summed E-state index contributed by atoms with van der Waals surface area (Å²) in [7, 11) is 0. The number of rotatable bonds is 15. The van der Waals surface area contributed by atoms with Crippen LogP contribution in [0.25, 0.3) is 0 Å². The van der Waals surface area contributed by atoms with E-state index < -0.39 is 12.1 Å². The van der Waals surface area contributed by atoms with E-state index in [1.54, 1.807) is 0 Å². The van der Waals surface area contributed by atoms with Gasteiger partial charge in [0.15, 0.2) is 0 Å². The number of hydrogen-bond donors (Lipinski definition) is 3. The molecule has 0 saturated heterocycles. The van der Waals surface area contributed by atoms with Crippen molar-refractivity contribution >= 4 is 5.97 Å². The van der Waals surface area contributed by atoms with E-state index in [1.165, 1.54) is 36.8 Å². The maximum absolute atomic E-state index is 10.7. The van der Waals surface area contributed by atoms with Gasteiger partial charge in [0.05, 0.1) is 12.2 Å². The van der Waals surface area contributed by atoms with E-state index in [-0.39, 0.29) is 18.4 Å². The van der Waals surface area contributed by atoms with E-state index in [9.17, 15) is 15.0 Å². The van der Waals surface area contributed by atoms with E-state index in [0.717, 1.165) is 51.4 Å². The second kappa shape index (κ2) is 12.5. The molecule has 1 saturated carbocycles. The first-order valence-corrected chi connectivity index (χ1v) is 11.9. The molecule has 4 atom stereocenters. The Kier molecular flexibility index (Phi) is 10.4. The molecule has 0 aromatic heterocycles. The number of carboxylic acids is 1. The summed E-state index contributed by atoms with van der Waals surface area (Å²) in [6.07, 6.45) is 15.9. The molecule has 0 radical (unpaired) electrons. The second-order valence-electron chi connectivity index (χ2n) is 9.37. The van der Waals surface area contributed by atoms with Gasteiger partial charge in [-0.2, -0.15) is 0 Å². The van der Waals surface area contributed by atoms with Gasteiger partial charge in [-0.05, 0) is 56.8 Å². The number of carbonyl (C=O) groups is 1. The predicted molar refractivity (Wildman–Crippen MR) is 118 cm³/mol. The van der Waals surface area contributed by atoms with Crippen LogP contribution in [0, 0.1) is 17.8 Å². The second-order valence-corrected chi connectivity index (χ2v) is 9.37. The van der Waals surface area contributed by atoms with Gasteiger partial charge in [-0.15, -0.1) is 0 Å². The van der Waals surface area contributed by atoms with Crippen molar-refractivity contribution in [1.82, 2.24) is 0 Å². The third kappa shape index (κ3) is 8.64.